The first-order valence-electron chi connectivity index (χ1n) is 6.82. The van der Waals surface area contributed by atoms with Gasteiger partial charge in [0.25, 0.3) is 0 Å². The van der Waals surface area contributed by atoms with Gasteiger partial charge in [-0.05, 0) is 61.3 Å². The molecule has 1 atom stereocenters. The van der Waals surface area contributed by atoms with Crippen molar-refractivity contribution in [1.82, 2.24) is 4.72 Å². The third-order valence-electron chi connectivity index (χ3n) is 3.98. The number of sulfonamides is 1. The molecular weight excluding hydrogens is 326 g/mol. The van der Waals surface area contributed by atoms with E-state index in [0.717, 1.165) is 19.3 Å². The summed E-state index contributed by atoms with van der Waals surface area (Å²) in [6, 6.07) is 5.53. The van der Waals surface area contributed by atoms with Crippen molar-refractivity contribution in [3.63, 3.8) is 0 Å². The minimum atomic E-state index is -3.36. The van der Waals surface area contributed by atoms with Crippen LogP contribution in [0.2, 0.25) is 0 Å². The average molecular weight is 344 g/mol. The molecule has 19 heavy (non-hydrogen) atoms. The lowest BCUT2D eigenvalue weighted by molar-refractivity contribution is 0.577. The number of hydrogen-bond acceptors (Lipinski definition) is 2. The van der Waals surface area contributed by atoms with Gasteiger partial charge in [-0.3, -0.25) is 0 Å². The molecule has 0 saturated heterocycles. The predicted octanol–water partition coefficient (Wildman–Crippen LogP) is 2.63. The molecule has 2 aliphatic carbocycles. The molecule has 3 rings (SSSR count). The van der Waals surface area contributed by atoms with Gasteiger partial charge in [0.15, 0.2) is 0 Å². The molecule has 1 aromatic rings. The van der Waals surface area contributed by atoms with Crippen LogP contribution in [0.15, 0.2) is 23.1 Å². The average Bonchev–Trinajstić information content (AvgIpc) is 3.13. The summed E-state index contributed by atoms with van der Waals surface area (Å²) in [6.45, 7) is 0.476. The van der Waals surface area contributed by atoms with Crippen LogP contribution in [0.4, 0.5) is 0 Å². The molecule has 0 radical (unpaired) electrons. The Balaban J connectivity index is 1.72. The van der Waals surface area contributed by atoms with Crippen molar-refractivity contribution in [1.29, 1.82) is 0 Å². The van der Waals surface area contributed by atoms with Crippen molar-refractivity contribution in [2.75, 3.05) is 6.54 Å². The maximum atomic E-state index is 12.2. The lowest BCUT2D eigenvalue weighted by atomic mass is 10.1. The van der Waals surface area contributed by atoms with Crippen LogP contribution in [0.1, 0.15) is 30.4 Å². The standard InChI is InChI=1S/C14H18BrNO2S/c15-14(11-4-5-11)9-16-19(17,18)13-7-6-10-2-1-3-12(10)8-13/h6-8,11,14,16H,1-5,9H2. The fourth-order valence-electron chi connectivity index (χ4n) is 2.61. The third-order valence-corrected chi connectivity index (χ3v) is 6.47. The van der Waals surface area contributed by atoms with Crippen LogP contribution in [0.5, 0.6) is 0 Å². The molecule has 1 aromatic carbocycles. The number of fused-ring (bicyclic) bond motifs is 1. The summed E-state index contributed by atoms with van der Waals surface area (Å²) in [6.07, 6.45) is 5.63. The first-order valence-corrected chi connectivity index (χ1v) is 9.22. The van der Waals surface area contributed by atoms with E-state index in [1.807, 2.05) is 12.1 Å². The largest absolute Gasteiger partial charge is 0.240 e. The topological polar surface area (TPSA) is 46.2 Å². The highest BCUT2D eigenvalue weighted by atomic mass is 79.9. The summed E-state index contributed by atoms with van der Waals surface area (Å²) in [5, 5.41) is 0. The maximum Gasteiger partial charge on any atom is 0.240 e. The third kappa shape index (κ3) is 3.03. The van der Waals surface area contributed by atoms with Crippen LogP contribution in [0.3, 0.4) is 0 Å². The Hall–Kier alpha value is -0.390. The van der Waals surface area contributed by atoms with Gasteiger partial charge in [-0.15, -0.1) is 0 Å². The molecule has 5 heteroatoms. The Morgan fingerprint density at radius 2 is 2.00 bits per heavy atom. The molecule has 0 aromatic heterocycles. The lowest BCUT2D eigenvalue weighted by Crippen LogP contribution is -2.30. The number of rotatable bonds is 5. The first kappa shape index (κ1) is 13.6. The van der Waals surface area contributed by atoms with Gasteiger partial charge in [0.1, 0.15) is 0 Å². The minimum absolute atomic E-state index is 0.261. The van der Waals surface area contributed by atoms with Gasteiger partial charge in [-0.25, -0.2) is 13.1 Å². The second-order valence-electron chi connectivity index (χ2n) is 5.49. The summed E-state index contributed by atoms with van der Waals surface area (Å²) in [5.41, 5.74) is 2.50. The summed E-state index contributed by atoms with van der Waals surface area (Å²) in [5.74, 6) is 0.641. The Kier molecular flexibility index (Phi) is 3.71. The van der Waals surface area contributed by atoms with E-state index in [1.54, 1.807) is 6.07 Å². The molecule has 0 amide bonds. The number of alkyl halides is 1. The Morgan fingerprint density at radius 3 is 2.74 bits per heavy atom. The van der Waals surface area contributed by atoms with Gasteiger partial charge in [0.2, 0.25) is 10.0 Å². The fourth-order valence-corrected chi connectivity index (χ4v) is 4.63. The summed E-state index contributed by atoms with van der Waals surface area (Å²) >= 11 is 3.55. The van der Waals surface area contributed by atoms with E-state index in [9.17, 15) is 8.42 Å². The van der Waals surface area contributed by atoms with Gasteiger partial charge >= 0.3 is 0 Å². The van der Waals surface area contributed by atoms with Crippen LogP contribution >= 0.6 is 15.9 Å². The highest BCUT2D eigenvalue weighted by Gasteiger charge is 2.30. The molecule has 0 spiro atoms. The SMILES string of the molecule is O=S(=O)(NCC(Br)C1CC1)c1ccc2c(c1)CCC2. The van der Waals surface area contributed by atoms with Crippen LogP contribution < -0.4 is 4.72 Å². The summed E-state index contributed by atoms with van der Waals surface area (Å²) in [4.78, 5) is 0.667. The predicted molar refractivity (Wildman–Crippen MR) is 79.1 cm³/mol. The lowest BCUT2D eigenvalue weighted by Gasteiger charge is -2.11. The number of aryl methyl sites for hydroxylation is 2. The fraction of sp³-hybridized carbons (Fsp3) is 0.571. The highest BCUT2D eigenvalue weighted by molar-refractivity contribution is 9.09. The van der Waals surface area contributed by atoms with E-state index in [-0.39, 0.29) is 4.83 Å². The Bertz CT molecular complexity index is 581. The van der Waals surface area contributed by atoms with Gasteiger partial charge in [0.05, 0.1) is 4.90 Å². The number of hydrogen-bond donors (Lipinski definition) is 1. The Labute approximate surface area is 123 Å². The van der Waals surface area contributed by atoms with Crippen LogP contribution in [0, 0.1) is 5.92 Å². The van der Waals surface area contributed by atoms with E-state index >= 15 is 0 Å². The van der Waals surface area contributed by atoms with Crippen LogP contribution in [-0.2, 0) is 22.9 Å². The van der Waals surface area contributed by atoms with Gasteiger partial charge in [0, 0.05) is 11.4 Å². The van der Waals surface area contributed by atoms with Crippen LogP contribution in [0.25, 0.3) is 0 Å². The maximum absolute atomic E-state index is 12.2. The smallest absolute Gasteiger partial charge is 0.210 e. The van der Waals surface area contributed by atoms with Crippen molar-refractivity contribution in [3.8, 4) is 0 Å². The van der Waals surface area contributed by atoms with Crippen molar-refractivity contribution >= 4 is 26.0 Å². The Morgan fingerprint density at radius 1 is 1.26 bits per heavy atom. The van der Waals surface area contributed by atoms with Crippen molar-refractivity contribution in [2.24, 2.45) is 5.92 Å². The molecule has 0 aliphatic heterocycles. The van der Waals surface area contributed by atoms with E-state index in [0.29, 0.717) is 17.4 Å². The normalized spacial score (nSPS) is 20.3. The monoisotopic (exact) mass is 343 g/mol. The molecule has 104 valence electrons. The van der Waals surface area contributed by atoms with E-state index in [2.05, 4.69) is 20.7 Å². The molecule has 1 N–H and O–H groups in total. The minimum Gasteiger partial charge on any atom is -0.210 e. The number of benzene rings is 1. The van der Waals surface area contributed by atoms with Crippen molar-refractivity contribution in [2.45, 2.75) is 41.8 Å². The zero-order valence-corrected chi connectivity index (χ0v) is 13.1. The van der Waals surface area contributed by atoms with E-state index in [4.69, 9.17) is 0 Å². The quantitative estimate of drug-likeness (QED) is 0.835. The molecule has 1 unspecified atom stereocenters. The summed E-state index contributed by atoms with van der Waals surface area (Å²) < 4.78 is 27.2. The molecule has 0 bridgehead atoms. The second-order valence-corrected chi connectivity index (χ2v) is 8.43. The zero-order chi connectivity index (χ0) is 13.5. The summed E-state index contributed by atoms with van der Waals surface area (Å²) in [7, 11) is -3.36. The molecule has 1 fully saturated rings. The number of halogens is 1. The van der Waals surface area contributed by atoms with Crippen molar-refractivity contribution < 1.29 is 8.42 Å². The van der Waals surface area contributed by atoms with Crippen molar-refractivity contribution in [3.05, 3.63) is 29.3 Å². The molecule has 2 aliphatic rings. The van der Waals surface area contributed by atoms with Gasteiger partial charge in [-0.2, -0.15) is 0 Å². The second kappa shape index (κ2) is 5.19. The molecule has 1 saturated carbocycles. The zero-order valence-electron chi connectivity index (χ0n) is 10.7. The molecular formula is C14H18BrNO2S. The van der Waals surface area contributed by atoms with E-state index in [1.165, 1.54) is 24.0 Å². The highest BCUT2D eigenvalue weighted by Crippen LogP contribution is 2.36. The molecule has 3 nitrogen and oxygen atoms in total. The molecule has 0 heterocycles. The van der Waals surface area contributed by atoms with Gasteiger partial charge in [-0.1, -0.05) is 22.0 Å². The van der Waals surface area contributed by atoms with Crippen LogP contribution in [-0.4, -0.2) is 19.8 Å². The van der Waals surface area contributed by atoms with Gasteiger partial charge < -0.3 is 0 Å². The first-order chi connectivity index (χ1) is 9.06. The number of nitrogens with one attached hydrogen (secondary N) is 1. The van der Waals surface area contributed by atoms with E-state index < -0.39 is 10.0 Å².